The van der Waals surface area contributed by atoms with Crippen LogP contribution in [0.3, 0.4) is 0 Å². The highest BCUT2D eigenvalue weighted by Crippen LogP contribution is 2.40. The summed E-state index contributed by atoms with van der Waals surface area (Å²) in [5.41, 5.74) is 0. The molecule has 0 bridgehead atoms. The number of hydrogen-bond donors (Lipinski definition) is 0. The minimum atomic E-state index is 0.403. The Labute approximate surface area is 87.3 Å². The van der Waals surface area contributed by atoms with Crippen LogP contribution in [0.1, 0.15) is 57.8 Å². The molecule has 2 fully saturated rings. The van der Waals surface area contributed by atoms with Gasteiger partial charge in [-0.05, 0) is 24.7 Å². The Kier molecular flexibility index (Phi) is 3.61. The molecule has 0 aliphatic heterocycles. The van der Waals surface area contributed by atoms with Crippen molar-refractivity contribution in [2.75, 3.05) is 0 Å². The molecule has 2 aliphatic carbocycles. The first-order valence-electron chi connectivity index (χ1n) is 6.37. The van der Waals surface area contributed by atoms with Gasteiger partial charge in [0, 0.05) is 5.92 Å². The molecule has 80 valence electrons. The van der Waals surface area contributed by atoms with E-state index in [1.807, 2.05) is 0 Å². The average Bonchev–Trinajstić information content (AvgIpc) is 2.20. The van der Waals surface area contributed by atoms with Gasteiger partial charge >= 0.3 is 0 Å². The molecular formula is C13H22O. The molecule has 0 radical (unpaired) electrons. The van der Waals surface area contributed by atoms with Crippen LogP contribution in [-0.2, 0) is 4.79 Å². The van der Waals surface area contributed by atoms with Crippen molar-refractivity contribution < 1.29 is 4.79 Å². The number of hydrogen-bond acceptors (Lipinski definition) is 1. The molecule has 0 spiro atoms. The third-order valence-electron chi connectivity index (χ3n) is 4.30. The topological polar surface area (TPSA) is 17.1 Å². The lowest BCUT2D eigenvalue weighted by Crippen LogP contribution is -2.29. The third-order valence-corrected chi connectivity index (χ3v) is 4.30. The Morgan fingerprint density at radius 1 is 0.786 bits per heavy atom. The minimum Gasteiger partial charge on any atom is -0.303 e. The maximum Gasteiger partial charge on any atom is 0.123 e. The fourth-order valence-corrected chi connectivity index (χ4v) is 3.50. The molecule has 3 unspecified atom stereocenters. The Morgan fingerprint density at radius 2 is 1.43 bits per heavy atom. The fourth-order valence-electron chi connectivity index (χ4n) is 3.50. The Hall–Kier alpha value is -0.330. The van der Waals surface area contributed by atoms with Crippen molar-refractivity contribution in [1.82, 2.24) is 0 Å². The van der Waals surface area contributed by atoms with Crippen LogP contribution >= 0.6 is 0 Å². The predicted octanol–water partition coefficient (Wildman–Crippen LogP) is 3.57. The van der Waals surface area contributed by atoms with Crippen molar-refractivity contribution in [3.05, 3.63) is 0 Å². The van der Waals surface area contributed by atoms with Crippen LogP contribution in [0.25, 0.3) is 0 Å². The quantitative estimate of drug-likeness (QED) is 0.583. The lowest BCUT2D eigenvalue weighted by Gasteiger charge is -2.36. The molecule has 2 aliphatic rings. The summed E-state index contributed by atoms with van der Waals surface area (Å²) in [7, 11) is 0. The molecule has 3 atom stereocenters. The first-order valence-corrected chi connectivity index (χ1v) is 6.37. The molecule has 0 aromatic carbocycles. The van der Waals surface area contributed by atoms with Crippen molar-refractivity contribution in [2.45, 2.75) is 57.8 Å². The van der Waals surface area contributed by atoms with Gasteiger partial charge in [-0.15, -0.1) is 0 Å². The third kappa shape index (κ3) is 2.18. The second-order valence-electron chi connectivity index (χ2n) is 5.15. The van der Waals surface area contributed by atoms with E-state index in [9.17, 15) is 4.79 Å². The minimum absolute atomic E-state index is 0.403. The number of carbonyl (C=O) groups is 1. The summed E-state index contributed by atoms with van der Waals surface area (Å²) in [6.07, 6.45) is 13.4. The van der Waals surface area contributed by atoms with Gasteiger partial charge in [0.25, 0.3) is 0 Å². The van der Waals surface area contributed by atoms with Crippen LogP contribution in [0.5, 0.6) is 0 Å². The van der Waals surface area contributed by atoms with Gasteiger partial charge in [0.1, 0.15) is 6.29 Å². The van der Waals surface area contributed by atoms with Crippen LogP contribution in [0.4, 0.5) is 0 Å². The van der Waals surface area contributed by atoms with Gasteiger partial charge < -0.3 is 4.79 Å². The summed E-state index contributed by atoms with van der Waals surface area (Å²) in [5.74, 6) is 2.04. The molecular weight excluding hydrogens is 172 g/mol. The van der Waals surface area contributed by atoms with Gasteiger partial charge in [-0.2, -0.15) is 0 Å². The van der Waals surface area contributed by atoms with E-state index in [0.717, 1.165) is 11.8 Å². The van der Waals surface area contributed by atoms with Gasteiger partial charge in [-0.25, -0.2) is 0 Å². The predicted molar refractivity (Wildman–Crippen MR) is 58.1 cm³/mol. The van der Waals surface area contributed by atoms with E-state index in [1.165, 1.54) is 64.1 Å². The monoisotopic (exact) mass is 194 g/mol. The molecule has 0 amide bonds. The SMILES string of the molecule is O=CC1CCCCCC2CCCCC12. The van der Waals surface area contributed by atoms with Crippen molar-refractivity contribution in [1.29, 1.82) is 0 Å². The van der Waals surface area contributed by atoms with Gasteiger partial charge in [-0.3, -0.25) is 0 Å². The standard InChI is InChI=1S/C13H22O/c14-10-12-8-3-1-2-6-11-7-4-5-9-13(11)12/h10-13H,1-9H2. The van der Waals surface area contributed by atoms with E-state index in [2.05, 4.69) is 0 Å². The van der Waals surface area contributed by atoms with Crippen LogP contribution < -0.4 is 0 Å². The molecule has 0 heterocycles. The molecule has 1 heteroatoms. The highest BCUT2D eigenvalue weighted by atomic mass is 16.1. The van der Waals surface area contributed by atoms with E-state index < -0.39 is 0 Å². The van der Waals surface area contributed by atoms with E-state index in [4.69, 9.17) is 0 Å². The molecule has 14 heavy (non-hydrogen) atoms. The average molecular weight is 194 g/mol. The Balaban J connectivity index is 2.03. The molecule has 0 aromatic heterocycles. The smallest absolute Gasteiger partial charge is 0.123 e. The summed E-state index contributed by atoms with van der Waals surface area (Å²) in [5, 5.41) is 0. The highest BCUT2D eigenvalue weighted by molar-refractivity contribution is 5.54. The second-order valence-corrected chi connectivity index (χ2v) is 5.15. The molecule has 2 saturated carbocycles. The lowest BCUT2D eigenvalue weighted by molar-refractivity contribution is -0.114. The first-order chi connectivity index (χ1) is 6.92. The van der Waals surface area contributed by atoms with E-state index in [-0.39, 0.29) is 0 Å². The van der Waals surface area contributed by atoms with Crippen molar-refractivity contribution in [2.24, 2.45) is 17.8 Å². The van der Waals surface area contributed by atoms with Crippen LogP contribution in [0, 0.1) is 17.8 Å². The van der Waals surface area contributed by atoms with Crippen LogP contribution in [0.15, 0.2) is 0 Å². The van der Waals surface area contributed by atoms with Gasteiger partial charge in [-0.1, -0.05) is 44.9 Å². The number of aldehydes is 1. The maximum absolute atomic E-state index is 11.1. The van der Waals surface area contributed by atoms with Crippen LogP contribution in [-0.4, -0.2) is 6.29 Å². The maximum atomic E-state index is 11.1. The van der Waals surface area contributed by atoms with Gasteiger partial charge in [0.15, 0.2) is 0 Å². The molecule has 2 rings (SSSR count). The summed E-state index contributed by atoms with van der Waals surface area (Å²) < 4.78 is 0. The number of fused-ring (bicyclic) bond motifs is 1. The number of carbonyl (C=O) groups excluding carboxylic acids is 1. The van der Waals surface area contributed by atoms with Crippen molar-refractivity contribution in [3.8, 4) is 0 Å². The van der Waals surface area contributed by atoms with E-state index in [1.54, 1.807) is 0 Å². The lowest BCUT2D eigenvalue weighted by atomic mass is 9.68. The largest absolute Gasteiger partial charge is 0.303 e. The fraction of sp³-hybridized carbons (Fsp3) is 0.923. The summed E-state index contributed by atoms with van der Waals surface area (Å²) >= 11 is 0. The molecule has 0 saturated heterocycles. The summed E-state index contributed by atoms with van der Waals surface area (Å²) in [6, 6.07) is 0. The number of rotatable bonds is 1. The van der Waals surface area contributed by atoms with Gasteiger partial charge in [0.05, 0.1) is 0 Å². The molecule has 0 N–H and O–H groups in total. The first kappa shape index (κ1) is 10.2. The van der Waals surface area contributed by atoms with Gasteiger partial charge in [0.2, 0.25) is 0 Å². The zero-order valence-electron chi connectivity index (χ0n) is 9.08. The van der Waals surface area contributed by atoms with Crippen molar-refractivity contribution in [3.63, 3.8) is 0 Å². The zero-order valence-corrected chi connectivity index (χ0v) is 9.08. The second kappa shape index (κ2) is 4.95. The normalized spacial score (nSPS) is 39.3. The molecule has 1 nitrogen and oxygen atoms in total. The van der Waals surface area contributed by atoms with Crippen LogP contribution in [0.2, 0.25) is 0 Å². The van der Waals surface area contributed by atoms with E-state index >= 15 is 0 Å². The summed E-state index contributed by atoms with van der Waals surface area (Å²) in [4.78, 5) is 11.1. The zero-order chi connectivity index (χ0) is 9.80. The molecule has 0 aromatic rings. The van der Waals surface area contributed by atoms with E-state index in [0.29, 0.717) is 5.92 Å². The van der Waals surface area contributed by atoms with Crippen molar-refractivity contribution >= 4 is 6.29 Å². The Bertz CT molecular complexity index is 188. The highest BCUT2D eigenvalue weighted by Gasteiger charge is 2.31. The Morgan fingerprint density at radius 3 is 2.21 bits per heavy atom. The summed E-state index contributed by atoms with van der Waals surface area (Å²) in [6.45, 7) is 0.